The minimum Gasteiger partial charge on any atom is -0.497 e. The van der Waals surface area contributed by atoms with Crippen molar-refractivity contribution >= 4 is 5.69 Å². The fourth-order valence-electron chi connectivity index (χ4n) is 7.27. The minimum absolute atomic E-state index is 0.0823. The number of aliphatic hydroxyl groups is 3. The van der Waals surface area contributed by atoms with Crippen LogP contribution in [0.3, 0.4) is 0 Å². The fourth-order valence-corrected chi connectivity index (χ4v) is 7.27. The van der Waals surface area contributed by atoms with Crippen LogP contribution >= 0.6 is 0 Å². The molecule has 1 saturated heterocycles. The number of anilines is 1. The number of ether oxygens (including phenoxy) is 1. The molecule has 1 saturated carbocycles. The van der Waals surface area contributed by atoms with E-state index >= 15 is 0 Å². The van der Waals surface area contributed by atoms with E-state index in [1.807, 2.05) is 19.2 Å². The van der Waals surface area contributed by atoms with Crippen LogP contribution in [0, 0.1) is 5.41 Å². The number of rotatable bonds is 3. The molecular formula is C22H30N2O4. The Kier molecular flexibility index (Phi) is 3.77. The molecule has 2 unspecified atom stereocenters. The van der Waals surface area contributed by atoms with E-state index in [0.29, 0.717) is 6.42 Å². The van der Waals surface area contributed by atoms with Crippen molar-refractivity contribution in [3.05, 3.63) is 35.9 Å². The Morgan fingerprint density at radius 3 is 2.75 bits per heavy atom. The van der Waals surface area contributed by atoms with Gasteiger partial charge in [-0.15, -0.1) is 0 Å². The van der Waals surface area contributed by atoms with Crippen LogP contribution in [-0.2, 0) is 5.41 Å². The predicted octanol–water partition coefficient (Wildman–Crippen LogP) is 0.890. The zero-order valence-corrected chi connectivity index (χ0v) is 16.8. The Morgan fingerprint density at radius 2 is 2.07 bits per heavy atom. The van der Waals surface area contributed by atoms with Crippen molar-refractivity contribution in [1.82, 2.24) is 4.90 Å². The minimum atomic E-state index is -1.62. The van der Waals surface area contributed by atoms with Crippen molar-refractivity contribution in [2.24, 2.45) is 5.41 Å². The number of aliphatic hydroxyl groups excluding tert-OH is 2. The number of hydrogen-bond acceptors (Lipinski definition) is 6. The number of benzene rings is 1. The second-order valence-corrected chi connectivity index (χ2v) is 9.00. The predicted molar refractivity (Wildman–Crippen MR) is 107 cm³/mol. The Bertz CT molecular complexity index is 844. The van der Waals surface area contributed by atoms with Crippen LogP contribution < -0.4 is 9.64 Å². The zero-order valence-electron chi connectivity index (χ0n) is 16.8. The summed E-state index contributed by atoms with van der Waals surface area (Å²) in [6, 6.07) is 5.81. The van der Waals surface area contributed by atoms with Crippen LogP contribution in [0.25, 0.3) is 0 Å². The molecule has 6 heteroatoms. The third-order valence-electron chi connectivity index (χ3n) is 8.23. The Morgan fingerprint density at radius 1 is 1.29 bits per heavy atom. The van der Waals surface area contributed by atoms with Gasteiger partial charge in [-0.2, -0.15) is 0 Å². The van der Waals surface area contributed by atoms with Crippen molar-refractivity contribution in [3.8, 4) is 5.75 Å². The van der Waals surface area contributed by atoms with Crippen molar-refractivity contribution < 1.29 is 20.1 Å². The maximum absolute atomic E-state index is 11.8. The lowest BCUT2D eigenvalue weighted by atomic mass is 9.48. The summed E-state index contributed by atoms with van der Waals surface area (Å²) in [6.07, 6.45) is 4.79. The summed E-state index contributed by atoms with van der Waals surface area (Å²) >= 11 is 0. The highest BCUT2D eigenvalue weighted by Crippen LogP contribution is 2.66. The Labute approximate surface area is 166 Å². The van der Waals surface area contributed by atoms with Gasteiger partial charge >= 0.3 is 0 Å². The van der Waals surface area contributed by atoms with Crippen molar-refractivity contribution in [2.75, 3.05) is 38.8 Å². The SMILES string of the molecule is CCC12C=CCN3CC[C@@]4(c5ccc(OC)cc5N(C)[C@H]4[C@@](O)(CO)C1O)[C@@H]32. The number of methoxy groups -OCH3 is 1. The molecular weight excluding hydrogens is 356 g/mol. The third-order valence-corrected chi connectivity index (χ3v) is 8.23. The second kappa shape index (κ2) is 5.72. The number of hydrogen-bond donors (Lipinski definition) is 3. The summed E-state index contributed by atoms with van der Waals surface area (Å²) in [5.74, 6) is 0.772. The molecule has 1 spiro atoms. The highest BCUT2D eigenvalue weighted by atomic mass is 16.5. The van der Waals surface area contributed by atoms with Crippen LogP contribution in [0.2, 0.25) is 0 Å². The Hall–Kier alpha value is -1.60. The molecule has 1 aromatic rings. The summed E-state index contributed by atoms with van der Waals surface area (Å²) < 4.78 is 5.46. The molecule has 1 aromatic carbocycles. The normalized spacial score (nSPS) is 43.6. The fraction of sp³-hybridized carbons (Fsp3) is 0.636. The molecule has 5 rings (SSSR count). The largest absolute Gasteiger partial charge is 0.497 e. The van der Waals surface area contributed by atoms with E-state index in [1.54, 1.807) is 7.11 Å². The molecule has 3 heterocycles. The van der Waals surface area contributed by atoms with Gasteiger partial charge in [-0.3, -0.25) is 4.90 Å². The molecule has 0 bridgehead atoms. The lowest BCUT2D eigenvalue weighted by molar-refractivity contribution is -0.213. The van der Waals surface area contributed by atoms with Crippen LogP contribution in [-0.4, -0.2) is 77.9 Å². The van der Waals surface area contributed by atoms with Gasteiger partial charge in [0.05, 0.1) is 25.9 Å². The standard InChI is InChI=1S/C22H30N2O4/c1-4-20-8-5-10-24-11-9-21(17(20)24)15-7-6-14(28-3)12-16(15)23(2)18(21)22(27,13-25)19(20)26/h5-8,12,17-19,25-27H,4,9-11,13H2,1-3H3/t17-,18+,19?,20?,21+,22-/m0/s1. The van der Waals surface area contributed by atoms with Gasteiger partial charge in [-0.25, -0.2) is 0 Å². The zero-order chi connectivity index (χ0) is 19.9. The maximum atomic E-state index is 11.8. The van der Waals surface area contributed by atoms with Crippen molar-refractivity contribution in [3.63, 3.8) is 0 Å². The molecule has 3 aliphatic heterocycles. The summed E-state index contributed by atoms with van der Waals surface area (Å²) in [6.45, 7) is 3.38. The molecule has 1 aliphatic carbocycles. The lowest BCUT2D eigenvalue weighted by Gasteiger charge is -2.63. The lowest BCUT2D eigenvalue weighted by Crippen LogP contribution is -2.79. The first-order chi connectivity index (χ1) is 13.4. The number of fused-ring (bicyclic) bond motifs is 1. The van der Waals surface area contributed by atoms with Crippen molar-refractivity contribution in [2.45, 2.75) is 49.0 Å². The maximum Gasteiger partial charge on any atom is 0.135 e. The van der Waals surface area contributed by atoms with Gasteiger partial charge in [-0.05, 0) is 31.0 Å². The number of likely N-dealkylation sites (N-methyl/N-ethyl adjacent to an activating group) is 1. The van der Waals surface area contributed by atoms with Gasteiger partial charge in [0, 0.05) is 42.2 Å². The summed E-state index contributed by atoms with van der Waals surface area (Å²) in [5, 5.41) is 33.7. The van der Waals surface area contributed by atoms with Crippen molar-refractivity contribution in [1.29, 1.82) is 0 Å². The van der Waals surface area contributed by atoms with Gasteiger partial charge in [0.15, 0.2) is 0 Å². The highest BCUT2D eigenvalue weighted by molar-refractivity contribution is 5.70. The van der Waals surface area contributed by atoms with E-state index in [2.05, 4.69) is 34.9 Å². The monoisotopic (exact) mass is 386 g/mol. The average molecular weight is 386 g/mol. The van der Waals surface area contributed by atoms with Crippen LogP contribution in [0.4, 0.5) is 5.69 Å². The summed E-state index contributed by atoms with van der Waals surface area (Å²) in [5.41, 5.74) is -0.351. The summed E-state index contributed by atoms with van der Waals surface area (Å²) in [4.78, 5) is 4.53. The molecule has 0 radical (unpaired) electrons. The van der Waals surface area contributed by atoms with Gasteiger partial charge in [0.2, 0.25) is 0 Å². The molecule has 2 fully saturated rings. The smallest absolute Gasteiger partial charge is 0.135 e. The first-order valence-electron chi connectivity index (χ1n) is 10.2. The van der Waals surface area contributed by atoms with E-state index in [1.165, 1.54) is 5.56 Å². The number of nitrogens with zero attached hydrogens (tertiary/aromatic N) is 2. The van der Waals surface area contributed by atoms with E-state index in [4.69, 9.17) is 4.74 Å². The molecule has 152 valence electrons. The molecule has 4 aliphatic rings. The third kappa shape index (κ3) is 1.79. The first kappa shape index (κ1) is 18.4. The average Bonchev–Trinajstić information content (AvgIpc) is 3.23. The molecule has 0 amide bonds. The van der Waals surface area contributed by atoms with Crippen LogP contribution in [0.15, 0.2) is 30.4 Å². The molecule has 28 heavy (non-hydrogen) atoms. The summed E-state index contributed by atoms with van der Waals surface area (Å²) in [7, 11) is 3.62. The highest BCUT2D eigenvalue weighted by Gasteiger charge is 2.76. The van der Waals surface area contributed by atoms with E-state index in [0.717, 1.165) is 30.9 Å². The molecule has 6 nitrogen and oxygen atoms in total. The molecule has 3 N–H and O–H groups in total. The van der Waals surface area contributed by atoms with Gasteiger partial charge in [0.25, 0.3) is 0 Å². The topological polar surface area (TPSA) is 76.4 Å². The second-order valence-electron chi connectivity index (χ2n) is 9.00. The van der Waals surface area contributed by atoms with Gasteiger partial charge in [0.1, 0.15) is 11.4 Å². The van der Waals surface area contributed by atoms with E-state index in [9.17, 15) is 15.3 Å². The van der Waals surface area contributed by atoms with Gasteiger partial charge in [-0.1, -0.05) is 25.1 Å². The van der Waals surface area contributed by atoms with E-state index in [-0.39, 0.29) is 11.5 Å². The molecule has 0 aromatic heterocycles. The first-order valence-corrected chi connectivity index (χ1v) is 10.2. The Balaban J connectivity index is 1.83. The quantitative estimate of drug-likeness (QED) is 0.670. The van der Waals surface area contributed by atoms with Crippen LogP contribution in [0.1, 0.15) is 25.3 Å². The molecule has 6 atom stereocenters. The van der Waals surface area contributed by atoms with E-state index < -0.39 is 29.8 Å². The van der Waals surface area contributed by atoms with Crippen LogP contribution in [0.5, 0.6) is 5.75 Å². The van der Waals surface area contributed by atoms with Gasteiger partial charge < -0.3 is 25.0 Å².